The number of fused-ring (bicyclic) bond motifs is 1. The van der Waals surface area contributed by atoms with E-state index in [0.29, 0.717) is 12.1 Å². The van der Waals surface area contributed by atoms with Crippen molar-refractivity contribution >= 4 is 11.6 Å². The Morgan fingerprint density at radius 3 is 2.18 bits per heavy atom. The lowest BCUT2D eigenvalue weighted by atomic mass is 10.2. The van der Waals surface area contributed by atoms with Gasteiger partial charge in [0.2, 0.25) is 5.91 Å². The molecule has 0 saturated carbocycles. The van der Waals surface area contributed by atoms with Gasteiger partial charge in [-0.1, -0.05) is 6.07 Å². The van der Waals surface area contributed by atoms with E-state index in [1.807, 2.05) is 0 Å². The Bertz CT molecular complexity index is 331. The fourth-order valence-corrected chi connectivity index (χ4v) is 1.19. The maximum atomic E-state index is 12.5. The predicted octanol–water partition coefficient (Wildman–Crippen LogP) is 0.0450. The summed E-state index contributed by atoms with van der Waals surface area (Å²) >= 11 is 0. The lowest BCUT2D eigenvalue weighted by molar-refractivity contribution is -0.115. The highest BCUT2D eigenvalue weighted by molar-refractivity contribution is 5.98. The van der Waals surface area contributed by atoms with Crippen LogP contribution in [-0.2, 0) is 11.2 Å². The van der Waals surface area contributed by atoms with E-state index < -0.39 is 0 Å². The van der Waals surface area contributed by atoms with E-state index in [1.54, 1.807) is 6.07 Å². The zero-order chi connectivity index (χ0) is 13.8. The van der Waals surface area contributed by atoms with Gasteiger partial charge in [-0.2, -0.15) is 0 Å². The Labute approximate surface area is 101 Å². The number of halogens is 1. The average molecular weight is 244 g/mol. The van der Waals surface area contributed by atoms with Crippen LogP contribution in [0.5, 0.6) is 0 Å². The highest BCUT2D eigenvalue weighted by Crippen LogP contribution is 2.22. The molecule has 1 aromatic rings. The Balaban J connectivity index is 0. The molecule has 17 heavy (non-hydrogen) atoms. The molecule has 2 rings (SSSR count). The number of rotatable bonds is 0. The summed E-state index contributed by atoms with van der Waals surface area (Å²) in [5.74, 6) is -0.378. The molecule has 0 radical (unpaired) electrons. The number of nitrogens with two attached hydrogens (primary N) is 3. The van der Waals surface area contributed by atoms with Crippen LogP contribution >= 0.6 is 0 Å². The van der Waals surface area contributed by atoms with Gasteiger partial charge < -0.3 is 22.5 Å². The molecule has 5 nitrogen and oxygen atoms in total. The third-order valence-corrected chi connectivity index (χ3v) is 1.70. The molecular formula is C11H21FN4O. The highest BCUT2D eigenvalue weighted by Gasteiger charge is 2.16. The van der Waals surface area contributed by atoms with Crippen LogP contribution in [0.15, 0.2) is 18.2 Å². The number of carbonyl (C=O) groups excluding carboxylic acids is 1. The van der Waals surface area contributed by atoms with E-state index in [-0.39, 0.29) is 11.7 Å². The van der Waals surface area contributed by atoms with Crippen molar-refractivity contribution in [3.05, 3.63) is 29.6 Å². The van der Waals surface area contributed by atoms with Gasteiger partial charge in [-0.3, -0.25) is 4.79 Å². The second-order valence-electron chi connectivity index (χ2n) is 2.53. The molecule has 0 unspecified atom stereocenters. The summed E-state index contributed by atoms with van der Waals surface area (Å²) in [5, 5.41) is 2.56. The molecule has 1 heterocycles. The van der Waals surface area contributed by atoms with Gasteiger partial charge in [0.15, 0.2) is 0 Å². The molecule has 1 aromatic carbocycles. The van der Waals surface area contributed by atoms with Gasteiger partial charge in [0.05, 0.1) is 6.42 Å². The third kappa shape index (κ3) is 5.96. The lowest BCUT2D eigenvalue weighted by Gasteiger charge is -1.95. The van der Waals surface area contributed by atoms with Crippen LogP contribution in [-0.4, -0.2) is 27.1 Å². The van der Waals surface area contributed by atoms with Crippen molar-refractivity contribution in [3.8, 4) is 0 Å². The largest absolute Gasteiger partial charge is 0.333 e. The fourth-order valence-electron chi connectivity index (χ4n) is 1.19. The van der Waals surface area contributed by atoms with Gasteiger partial charge in [-0.15, -0.1) is 0 Å². The minimum atomic E-state index is -0.314. The van der Waals surface area contributed by atoms with Crippen LogP contribution < -0.4 is 22.5 Å². The zero-order valence-corrected chi connectivity index (χ0v) is 10.5. The zero-order valence-electron chi connectivity index (χ0n) is 10.5. The molecule has 0 aliphatic carbocycles. The summed E-state index contributed by atoms with van der Waals surface area (Å²) in [6.07, 6.45) is 0.371. The highest BCUT2D eigenvalue weighted by atomic mass is 19.1. The number of carbonyl (C=O) groups is 1. The average Bonchev–Trinajstić information content (AvgIpc) is 2.76. The first kappa shape index (κ1) is 17.9. The minimum Gasteiger partial charge on any atom is -0.333 e. The van der Waals surface area contributed by atoms with E-state index in [2.05, 4.69) is 22.5 Å². The Kier molecular flexibility index (Phi) is 11.6. The van der Waals surface area contributed by atoms with Crippen molar-refractivity contribution in [1.82, 2.24) is 0 Å². The van der Waals surface area contributed by atoms with Crippen LogP contribution in [0.4, 0.5) is 10.1 Å². The molecule has 1 aliphatic rings. The Hall–Kier alpha value is -1.50. The second kappa shape index (κ2) is 11.0. The summed E-state index contributed by atoms with van der Waals surface area (Å²) in [7, 11) is 4.50. The number of benzene rings is 1. The van der Waals surface area contributed by atoms with E-state index in [1.165, 1.54) is 33.3 Å². The fraction of sp³-hybridized carbons (Fsp3) is 0.364. The molecule has 0 spiro atoms. The van der Waals surface area contributed by atoms with Crippen molar-refractivity contribution in [2.75, 3.05) is 26.5 Å². The van der Waals surface area contributed by atoms with Crippen LogP contribution in [0.3, 0.4) is 0 Å². The van der Waals surface area contributed by atoms with Gasteiger partial charge in [-0.25, -0.2) is 4.39 Å². The SMILES string of the molecule is CN.CN.CN.O=C1Cc2ccc(F)cc2N1. The van der Waals surface area contributed by atoms with Gasteiger partial charge in [0, 0.05) is 5.69 Å². The van der Waals surface area contributed by atoms with Crippen LogP contribution in [0.25, 0.3) is 0 Å². The van der Waals surface area contributed by atoms with Gasteiger partial charge in [0.25, 0.3) is 0 Å². The molecule has 98 valence electrons. The first-order chi connectivity index (χ1) is 8.25. The monoisotopic (exact) mass is 244 g/mol. The number of anilines is 1. The van der Waals surface area contributed by atoms with E-state index in [9.17, 15) is 9.18 Å². The summed E-state index contributed by atoms with van der Waals surface area (Å²) in [6.45, 7) is 0. The van der Waals surface area contributed by atoms with Gasteiger partial charge in [0.1, 0.15) is 5.82 Å². The summed E-state index contributed by atoms with van der Waals surface area (Å²) in [5.41, 5.74) is 15.0. The maximum Gasteiger partial charge on any atom is 0.228 e. The first-order valence-electron chi connectivity index (χ1n) is 5.07. The van der Waals surface area contributed by atoms with Crippen LogP contribution in [0.2, 0.25) is 0 Å². The number of hydrogen-bond donors (Lipinski definition) is 4. The number of amides is 1. The quantitative estimate of drug-likeness (QED) is 0.517. The molecule has 0 aromatic heterocycles. The third-order valence-electron chi connectivity index (χ3n) is 1.70. The minimum absolute atomic E-state index is 0.0643. The molecule has 0 saturated heterocycles. The first-order valence-corrected chi connectivity index (χ1v) is 5.07. The number of nitrogens with one attached hydrogen (secondary N) is 1. The smallest absolute Gasteiger partial charge is 0.228 e. The molecule has 7 N–H and O–H groups in total. The topological polar surface area (TPSA) is 107 Å². The van der Waals surface area contributed by atoms with Crippen molar-refractivity contribution in [3.63, 3.8) is 0 Å². The molecule has 6 heteroatoms. The summed E-state index contributed by atoms with van der Waals surface area (Å²) in [4.78, 5) is 10.8. The van der Waals surface area contributed by atoms with Crippen molar-refractivity contribution in [2.24, 2.45) is 17.2 Å². The molecule has 0 fully saturated rings. The molecule has 1 amide bonds. The van der Waals surface area contributed by atoms with E-state index in [4.69, 9.17) is 0 Å². The normalized spacial score (nSPS) is 10.4. The second-order valence-corrected chi connectivity index (χ2v) is 2.53. The lowest BCUT2D eigenvalue weighted by Crippen LogP contribution is -2.03. The van der Waals surface area contributed by atoms with Crippen molar-refractivity contribution in [2.45, 2.75) is 6.42 Å². The summed E-state index contributed by atoms with van der Waals surface area (Å²) in [6, 6.07) is 4.32. The van der Waals surface area contributed by atoms with E-state index >= 15 is 0 Å². The van der Waals surface area contributed by atoms with Gasteiger partial charge >= 0.3 is 0 Å². The molecule has 0 atom stereocenters. The maximum absolute atomic E-state index is 12.5. The van der Waals surface area contributed by atoms with Crippen molar-refractivity contribution < 1.29 is 9.18 Å². The molecule has 1 aliphatic heterocycles. The molecule has 0 bridgehead atoms. The molecular weight excluding hydrogens is 223 g/mol. The van der Waals surface area contributed by atoms with Crippen LogP contribution in [0, 0.1) is 5.82 Å². The number of hydrogen-bond acceptors (Lipinski definition) is 4. The van der Waals surface area contributed by atoms with E-state index in [0.717, 1.165) is 5.56 Å². The predicted molar refractivity (Wildman–Crippen MR) is 69.1 cm³/mol. The van der Waals surface area contributed by atoms with Crippen molar-refractivity contribution in [1.29, 1.82) is 0 Å². The summed E-state index contributed by atoms with van der Waals surface area (Å²) < 4.78 is 12.5. The Morgan fingerprint density at radius 1 is 1.12 bits per heavy atom. The van der Waals surface area contributed by atoms with Crippen LogP contribution in [0.1, 0.15) is 5.56 Å². The Morgan fingerprint density at radius 2 is 1.65 bits per heavy atom. The van der Waals surface area contributed by atoms with Gasteiger partial charge in [-0.05, 0) is 38.8 Å². The standard InChI is InChI=1S/C8H6FNO.3CH5N/c9-6-2-1-5-3-8(11)10-7(5)4-6;3*1-2/h1-2,4H,3H2,(H,10,11);3*2H2,1H3.